The first-order valence-corrected chi connectivity index (χ1v) is 12.2. The van der Waals surface area contributed by atoms with Crippen LogP contribution in [0, 0.1) is 0 Å². The number of carbonyl (C=O) groups excluding carboxylic acids is 1. The van der Waals surface area contributed by atoms with E-state index >= 15 is 0 Å². The lowest BCUT2D eigenvalue weighted by Gasteiger charge is -2.08. The lowest BCUT2D eigenvalue weighted by molar-refractivity contribution is -0.121. The van der Waals surface area contributed by atoms with Crippen LogP contribution < -0.4 is 5.32 Å². The van der Waals surface area contributed by atoms with Crippen molar-refractivity contribution in [2.24, 2.45) is 0 Å². The van der Waals surface area contributed by atoms with Gasteiger partial charge in [0.2, 0.25) is 11.1 Å². The van der Waals surface area contributed by atoms with Gasteiger partial charge in [-0.2, -0.15) is 0 Å². The number of rotatable bonds is 9. The van der Waals surface area contributed by atoms with Crippen molar-refractivity contribution >= 4 is 51.3 Å². The average Bonchev–Trinajstić information content (AvgIpc) is 3.06. The highest BCUT2D eigenvalue weighted by atomic mass is 35.5. The van der Waals surface area contributed by atoms with Crippen molar-refractivity contribution in [3.63, 3.8) is 0 Å². The number of nitrogens with one attached hydrogen (secondary N) is 1. The molecule has 0 atom stereocenters. The molecular formula is C24H26ClN5OS. The molecule has 32 heavy (non-hydrogen) atoms. The first-order chi connectivity index (χ1) is 15.5. The van der Waals surface area contributed by atoms with Crippen LogP contribution in [0.15, 0.2) is 53.7 Å². The van der Waals surface area contributed by atoms with Crippen LogP contribution in [0.25, 0.3) is 22.1 Å². The van der Waals surface area contributed by atoms with Crippen LogP contribution >= 0.6 is 23.4 Å². The van der Waals surface area contributed by atoms with Crippen LogP contribution in [0.2, 0.25) is 5.02 Å². The standard InChI is InChI=1S/C24H26ClN5OS/c1-16(2)26-21(31)12-5-6-13-32-24-27-23-22(28-29-24)19-10-3-4-11-20(19)30(23)15-17-8-7-9-18(25)14-17/h3-4,7-11,14,16H,5-6,12-13,15H2,1-2H3,(H,26,31). The summed E-state index contributed by atoms with van der Waals surface area (Å²) in [6.45, 7) is 4.60. The summed E-state index contributed by atoms with van der Waals surface area (Å²) in [4.78, 5) is 16.6. The number of aromatic nitrogens is 4. The van der Waals surface area contributed by atoms with Gasteiger partial charge in [-0.25, -0.2) is 4.98 Å². The Morgan fingerprint density at radius 2 is 1.97 bits per heavy atom. The minimum atomic E-state index is 0.106. The van der Waals surface area contributed by atoms with Gasteiger partial charge in [-0.1, -0.05) is 53.7 Å². The van der Waals surface area contributed by atoms with E-state index in [-0.39, 0.29) is 11.9 Å². The Labute approximate surface area is 196 Å². The maximum atomic E-state index is 11.8. The molecule has 0 fully saturated rings. The number of benzene rings is 2. The molecule has 0 bridgehead atoms. The molecule has 1 N–H and O–H groups in total. The Morgan fingerprint density at radius 1 is 1.12 bits per heavy atom. The molecule has 0 radical (unpaired) electrons. The minimum absolute atomic E-state index is 0.106. The van der Waals surface area contributed by atoms with Crippen molar-refractivity contribution in [1.82, 2.24) is 25.1 Å². The van der Waals surface area contributed by atoms with Crippen molar-refractivity contribution in [2.45, 2.75) is 50.9 Å². The lowest BCUT2D eigenvalue weighted by atomic mass is 10.2. The summed E-state index contributed by atoms with van der Waals surface area (Å²) in [6.07, 6.45) is 2.31. The zero-order valence-corrected chi connectivity index (χ0v) is 19.8. The third-order valence-corrected chi connectivity index (χ3v) is 6.22. The molecule has 4 rings (SSSR count). The maximum Gasteiger partial charge on any atom is 0.220 e. The summed E-state index contributed by atoms with van der Waals surface area (Å²) < 4.78 is 2.17. The number of unbranched alkanes of at least 4 members (excludes halogenated alkanes) is 1. The minimum Gasteiger partial charge on any atom is -0.354 e. The normalized spacial score (nSPS) is 11.5. The smallest absolute Gasteiger partial charge is 0.220 e. The van der Waals surface area contributed by atoms with Gasteiger partial charge in [-0.15, -0.1) is 10.2 Å². The van der Waals surface area contributed by atoms with Gasteiger partial charge in [0.1, 0.15) is 5.52 Å². The molecule has 0 aliphatic heterocycles. The van der Waals surface area contributed by atoms with Gasteiger partial charge in [0.15, 0.2) is 5.65 Å². The second kappa shape index (κ2) is 10.3. The molecule has 166 valence electrons. The molecule has 0 saturated carbocycles. The van der Waals surface area contributed by atoms with E-state index in [1.807, 2.05) is 44.2 Å². The van der Waals surface area contributed by atoms with Gasteiger partial charge in [0.25, 0.3) is 0 Å². The summed E-state index contributed by atoms with van der Waals surface area (Å²) in [5.74, 6) is 0.950. The molecule has 6 nitrogen and oxygen atoms in total. The van der Waals surface area contributed by atoms with Crippen LogP contribution in [0.4, 0.5) is 0 Å². The molecular weight excluding hydrogens is 442 g/mol. The highest BCUT2D eigenvalue weighted by Gasteiger charge is 2.15. The van der Waals surface area contributed by atoms with E-state index in [0.717, 1.165) is 46.2 Å². The molecule has 4 aromatic rings. The highest BCUT2D eigenvalue weighted by Crippen LogP contribution is 2.28. The monoisotopic (exact) mass is 467 g/mol. The van der Waals surface area contributed by atoms with E-state index in [1.54, 1.807) is 11.8 Å². The third kappa shape index (κ3) is 5.40. The second-order valence-corrected chi connectivity index (χ2v) is 9.53. The maximum absolute atomic E-state index is 11.8. The van der Waals surface area contributed by atoms with Gasteiger partial charge >= 0.3 is 0 Å². The summed E-state index contributed by atoms with van der Waals surface area (Å²) in [6, 6.07) is 16.2. The average molecular weight is 468 g/mol. The number of fused-ring (bicyclic) bond motifs is 3. The Balaban J connectivity index is 1.51. The van der Waals surface area contributed by atoms with E-state index in [4.69, 9.17) is 16.6 Å². The van der Waals surface area contributed by atoms with Gasteiger partial charge in [-0.3, -0.25) is 4.79 Å². The van der Waals surface area contributed by atoms with E-state index in [1.165, 1.54) is 0 Å². The van der Waals surface area contributed by atoms with Crippen LogP contribution in [0.3, 0.4) is 0 Å². The number of carbonyl (C=O) groups is 1. The molecule has 2 aromatic carbocycles. The van der Waals surface area contributed by atoms with Crippen molar-refractivity contribution in [3.8, 4) is 0 Å². The molecule has 2 heterocycles. The van der Waals surface area contributed by atoms with Crippen LogP contribution in [0.5, 0.6) is 0 Å². The summed E-state index contributed by atoms with van der Waals surface area (Å²) >= 11 is 7.78. The van der Waals surface area contributed by atoms with Crippen molar-refractivity contribution in [3.05, 3.63) is 59.1 Å². The van der Waals surface area contributed by atoms with E-state index in [0.29, 0.717) is 23.1 Å². The fourth-order valence-corrected chi connectivity index (χ4v) is 4.67. The Bertz CT molecular complexity index is 1240. The zero-order chi connectivity index (χ0) is 22.5. The van der Waals surface area contributed by atoms with E-state index < -0.39 is 0 Å². The number of halogens is 1. The van der Waals surface area contributed by atoms with Crippen LogP contribution in [-0.4, -0.2) is 37.5 Å². The molecule has 8 heteroatoms. The molecule has 2 aromatic heterocycles. The largest absolute Gasteiger partial charge is 0.354 e. The number of para-hydroxylation sites is 1. The highest BCUT2D eigenvalue weighted by molar-refractivity contribution is 7.99. The van der Waals surface area contributed by atoms with Crippen molar-refractivity contribution in [2.75, 3.05) is 5.75 Å². The molecule has 0 spiro atoms. The number of hydrogen-bond donors (Lipinski definition) is 1. The van der Waals surface area contributed by atoms with Gasteiger partial charge in [-0.05, 0) is 50.5 Å². The summed E-state index contributed by atoms with van der Waals surface area (Å²) in [7, 11) is 0. The van der Waals surface area contributed by atoms with Crippen molar-refractivity contribution < 1.29 is 4.79 Å². The van der Waals surface area contributed by atoms with Crippen LogP contribution in [-0.2, 0) is 11.3 Å². The second-order valence-electron chi connectivity index (χ2n) is 8.03. The third-order valence-electron chi connectivity index (χ3n) is 5.06. The number of thioether (sulfide) groups is 1. The van der Waals surface area contributed by atoms with Gasteiger partial charge in [0.05, 0.1) is 5.52 Å². The summed E-state index contributed by atoms with van der Waals surface area (Å²) in [5, 5.41) is 14.2. The number of amides is 1. The quantitative estimate of drug-likeness (QED) is 0.261. The van der Waals surface area contributed by atoms with Crippen molar-refractivity contribution in [1.29, 1.82) is 0 Å². The molecule has 0 aliphatic carbocycles. The first-order valence-electron chi connectivity index (χ1n) is 10.8. The van der Waals surface area contributed by atoms with Gasteiger partial charge < -0.3 is 9.88 Å². The van der Waals surface area contributed by atoms with E-state index in [9.17, 15) is 4.79 Å². The topological polar surface area (TPSA) is 72.7 Å². The lowest BCUT2D eigenvalue weighted by Crippen LogP contribution is -2.29. The van der Waals surface area contributed by atoms with Gasteiger partial charge in [0, 0.05) is 35.2 Å². The van der Waals surface area contributed by atoms with E-state index in [2.05, 4.69) is 38.3 Å². The number of hydrogen-bond acceptors (Lipinski definition) is 5. The summed E-state index contributed by atoms with van der Waals surface area (Å²) in [5.41, 5.74) is 3.80. The zero-order valence-electron chi connectivity index (χ0n) is 18.2. The van der Waals surface area contributed by atoms with Crippen LogP contribution in [0.1, 0.15) is 38.7 Å². The number of nitrogens with zero attached hydrogens (tertiary/aromatic N) is 4. The Morgan fingerprint density at radius 3 is 2.78 bits per heavy atom. The molecule has 0 aliphatic rings. The fraction of sp³-hybridized carbons (Fsp3) is 0.333. The predicted molar refractivity (Wildman–Crippen MR) is 131 cm³/mol. The predicted octanol–water partition coefficient (Wildman–Crippen LogP) is 5.47. The molecule has 0 saturated heterocycles. The molecule has 0 unspecified atom stereocenters. The fourth-order valence-electron chi connectivity index (χ4n) is 3.67. The SMILES string of the molecule is CC(C)NC(=O)CCCCSc1nnc2c3ccccc3n(Cc3cccc(Cl)c3)c2n1. The molecule has 1 amide bonds. The first kappa shape index (κ1) is 22.6. The Hall–Kier alpha value is -2.64. The Kier molecular flexibility index (Phi) is 7.27.